The predicted molar refractivity (Wildman–Crippen MR) is 71.7 cm³/mol. The van der Waals surface area contributed by atoms with Gasteiger partial charge < -0.3 is 10.1 Å². The molecule has 0 spiro atoms. The van der Waals surface area contributed by atoms with Crippen molar-refractivity contribution >= 4 is 28.2 Å². The molecule has 0 fully saturated rings. The average Bonchev–Trinajstić information content (AvgIpc) is 2.29. The lowest BCUT2D eigenvalue weighted by atomic mass is 10.2. The first kappa shape index (κ1) is 12.1. The topological polar surface area (TPSA) is 34.1 Å². The van der Waals surface area contributed by atoms with E-state index in [1.807, 2.05) is 37.3 Å². The molecule has 1 unspecified atom stereocenters. The molecule has 1 heterocycles. The van der Waals surface area contributed by atoms with E-state index in [1.165, 1.54) is 0 Å². The van der Waals surface area contributed by atoms with Crippen molar-refractivity contribution in [2.75, 3.05) is 19.0 Å². The van der Waals surface area contributed by atoms with Gasteiger partial charge in [0.05, 0.1) is 6.61 Å². The van der Waals surface area contributed by atoms with Gasteiger partial charge in [-0.05, 0) is 18.4 Å². The second-order valence-electron chi connectivity index (χ2n) is 4.02. The van der Waals surface area contributed by atoms with Crippen LogP contribution in [0.4, 0.5) is 5.82 Å². The van der Waals surface area contributed by atoms with Gasteiger partial charge >= 0.3 is 0 Å². The van der Waals surface area contributed by atoms with Gasteiger partial charge in [0.1, 0.15) is 11.0 Å². The minimum atomic E-state index is 0.199. The van der Waals surface area contributed by atoms with Crippen LogP contribution in [0.3, 0.4) is 0 Å². The molecule has 0 aliphatic heterocycles. The van der Waals surface area contributed by atoms with E-state index in [1.54, 1.807) is 7.11 Å². The third-order valence-corrected chi connectivity index (χ3v) is 2.79. The molecule has 0 saturated heterocycles. The van der Waals surface area contributed by atoms with Gasteiger partial charge in [-0.3, -0.25) is 0 Å². The summed E-state index contributed by atoms with van der Waals surface area (Å²) in [6.45, 7) is 2.67. The SMILES string of the molecule is COCC(C)Nc1cc2ccccc2c(Cl)n1. The monoisotopic (exact) mass is 250 g/mol. The van der Waals surface area contributed by atoms with Crippen LogP contribution in [0.25, 0.3) is 10.8 Å². The van der Waals surface area contributed by atoms with E-state index < -0.39 is 0 Å². The Morgan fingerprint density at radius 3 is 2.94 bits per heavy atom. The fraction of sp³-hybridized carbons (Fsp3) is 0.308. The maximum atomic E-state index is 6.14. The van der Waals surface area contributed by atoms with Crippen LogP contribution >= 0.6 is 11.6 Å². The Morgan fingerprint density at radius 1 is 1.41 bits per heavy atom. The normalized spacial score (nSPS) is 12.6. The third kappa shape index (κ3) is 2.87. The second kappa shape index (κ2) is 5.34. The van der Waals surface area contributed by atoms with Crippen molar-refractivity contribution in [2.45, 2.75) is 13.0 Å². The number of anilines is 1. The first-order valence-corrected chi connectivity index (χ1v) is 5.89. The Labute approximate surface area is 106 Å². The number of nitrogens with one attached hydrogen (secondary N) is 1. The molecule has 17 heavy (non-hydrogen) atoms. The molecule has 1 aromatic heterocycles. The van der Waals surface area contributed by atoms with Gasteiger partial charge in [-0.15, -0.1) is 0 Å². The van der Waals surface area contributed by atoms with Crippen LogP contribution < -0.4 is 5.32 Å². The lowest BCUT2D eigenvalue weighted by Crippen LogP contribution is -2.21. The summed E-state index contributed by atoms with van der Waals surface area (Å²) in [7, 11) is 1.68. The van der Waals surface area contributed by atoms with E-state index in [0.29, 0.717) is 11.8 Å². The molecule has 0 saturated carbocycles. The molecule has 3 nitrogen and oxygen atoms in total. The summed E-state index contributed by atoms with van der Waals surface area (Å²) in [5, 5.41) is 5.83. The summed E-state index contributed by atoms with van der Waals surface area (Å²) in [4.78, 5) is 4.32. The van der Waals surface area contributed by atoms with Gasteiger partial charge in [0, 0.05) is 18.5 Å². The van der Waals surface area contributed by atoms with E-state index in [4.69, 9.17) is 16.3 Å². The molecule has 2 rings (SSSR count). The van der Waals surface area contributed by atoms with Crippen molar-refractivity contribution in [1.29, 1.82) is 0 Å². The van der Waals surface area contributed by atoms with Gasteiger partial charge in [0.25, 0.3) is 0 Å². The van der Waals surface area contributed by atoms with E-state index in [0.717, 1.165) is 16.6 Å². The molecule has 4 heteroatoms. The zero-order valence-electron chi connectivity index (χ0n) is 9.90. The number of benzene rings is 1. The highest BCUT2D eigenvalue weighted by Gasteiger charge is 2.06. The van der Waals surface area contributed by atoms with Crippen LogP contribution in [0.2, 0.25) is 5.15 Å². The number of hydrogen-bond donors (Lipinski definition) is 1. The van der Waals surface area contributed by atoms with E-state index in [-0.39, 0.29) is 6.04 Å². The number of fused-ring (bicyclic) bond motifs is 1. The fourth-order valence-electron chi connectivity index (χ4n) is 1.77. The molecule has 1 N–H and O–H groups in total. The smallest absolute Gasteiger partial charge is 0.139 e. The van der Waals surface area contributed by atoms with Crippen LogP contribution in [0, 0.1) is 0 Å². The molecule has 1 atom stereocenters. The number of halogens is 1. The van der Waals surface area contributed by atoms with Crippen molar-refractivity contribution in [2.24, 2.45) is 0 Å². The largest absolute Gasteiger partial charge is 0.383 e. The van der Waals surface area contributed by atoms with E-state index in [9.17, 15) is 0 Å². The zero-order chi connectivity index (χ0) is 12.3. The fourth-order valence-corrected chi connectivity index (χ4v) is 2.04. The molecule has 1 aromatic carbocycles. The van der Waals surface area contributed by atoms with Crippen LogP contribution in [-0.4, -0.2) is 24.7 Å². The number of methoxy groups -OCH3 is 1. The van der Waals surface area contributed by atoms with E-state index >= 15 is 0 Å². The highest BCUT2D eigenvalue weighted by molar-refractivity contribution is 6.34. The zero-order valence-corrected chi connectivity index (χ0v) is 10.7. The first-order chi connectivity index (χ1) is 8.20. The standard InChI is InChI=1S/C13H15ClN2O/c1-9(8-17-2)15-12-7-10-5-3-4-6-11(10)13(14)16-12/h3-7,9H,8H2,1-2H3,(H,15,16). The predicted octanol–water partition coefficient (Wildman–Crippen LogP) is 3.34. The Kier molecular flexibility index (Phi) is 3.82. The Hall–Kier alpha value is -1.32. The van der Waals surface area contributed by atoms with Crippen LogP contribution in [0.1, 0.15) is 6.92 Å². The van der Waals surface area contributed by atoms with Crippen molar-refractivity contribution in [3.05, 3.63) is 35.5 Å². The molecule has 2 aromatic rings. The van der Waals surface area contributed by atoms with Gasteiger partial charge in [-0.25, -0.2) is 4.98 Å². The number of rotatable bonds is 4. The summed E-state index contributed by atoms with van der Waals surface area (Å²) < 4.78 is 5.07. The van der Waals surface area contributed by atoms with Crippen molar-refractivity contribution in [1.82, 2.24) is 4.98 Å². The van der Waals surface area contributed by atoms with Crippen molar-refractivity contribution in [3.63, 3.8) is 0 Å². The highest BCUT2D eigenvalue weighted by Crippen LogP contribution is 2.24. The lowest BCUT2D eigenvalue weighted by Gasteiger charge is -2.14. The Bertz CT molecular complexity index is 516. The van der Waals surface area contributed by atoms with Crippen LogP contribution in [-0.2, 0) is 4.74 Å². The molecule has 0 bridgehead atoms. The van der Waals surface area contributed by atoms with Crippen molar-refractivity contribution in [3.8, 4) is 0 Å². The highest BCUT2D eigenvalue weighted by atomic mass is 35.5. The van der Waals surface area contributed by atoms with Crippen LogP contribution in [0.5, 0.6) is 0 Å². The summed E-state index contributed by atoms with van der Waals surface area (Å²) in [6, 6.07) is 10.1. The molecular formula is C13H15ClN2O. The molecule has 0 amide bonds. The lowest BCUT2D eigenvalue weighted by molar-refractivity contribution is 0.190. The summed E-state index contributed by atoms with van der Waals surface area (Å²) in [5.74, 6) is 0.776. The minimum Gasteiger partial charge on any atom is -0.383 e. The Morgan fingerprint density at radius 2 is 2.18 bits per heavy atom. The number of aromatic nitrogens is 1. The maximum Gasteiger partial charge on any atom is 0.139 e. The minimum absolute atomic E-state index is 0.199. The van der Waals surface area contributed by atoms with Crippen LogP contribution in [0.15, 0.2) is 30.3 Å². The Balaban J connectivity index is 2.30. The summed E-state index contributed by atoms with van der Waals surface area (Å²) >= 11 is 6.14. The first-order valence-electron chi connectivity index (χ1n) is 5.51. The van der Waals surface area contributed by atoms with Gasteiger partial charge in [-0.1, -0.05) is 35.9 Å². The molecule has 0 radical (unpaired) electrons. The molecular weight excluding hydrogens is 236 g/mol. The quantitative estimate of drug-likeness (QED) is 0.846. The average molecular weight is 251 g/mol. The molecule has 0 aliphatic carbocycles. The third-order valence-electron chi connectivity index (χ3n) is 2.50. The summed E-state index contributed by atoms with van der Waals surface area (Å²) in [6.07, 6.45) is 0. The second-order valence-corrected chi connectivity index (χ2v) is 4.38. The van der Waals surface area contributed by atoms with Gasteiger partial charge in [0.15, 0.2) is 0 Å². The van der Waals surface area contributed by atoms with Crippen molar-refractivity contribution < 1.29 is 4.74 Å². The number of nitrogens with zero attached hydrogens (tertiary/aromatic N) is 1. The molecule has 90 valence electrons. The number of hydrogen-bond acceptors (Lipinski definition) is 3. The molecule has 0 aliphatic rings. The number of pyridine rings is 1. The maximum absolute atomic E-state index is 6.14. The van der Waals surface area contributed by atoms with E-state index in [2.05, 4.69) is 10.3 Å². The van der Waals surface area contributed by atoms with Gasteiger partial charge in [-0.2, -0.15) is 0 Å². The summed E-state index contributed by atoms with van der Waals surface area (Å²) in [5.41, 5.74) is 0. The van der Waals surface area contributed by atoms with Gasteiger partial charge in [0.2, 0.25) is 0 Å². The number of ether oxygens (including phenoxy) is 1.